The number of aliphatic hydroxyl groups is 2. The fourth-order valence-corrected chi connectivity index (χ4v) is 7.98. The van der Waals surface area contributed by atoms with E-state index < -0.39 is 95.7 Å². The average Bonchev–Trinajstić information content (AvgIpc) is 3.18. The fourth-order valence-electron chi connectivity index (χ4n) is 5.65. The molecule has 20 heteroatoms. The van der Waals surface area contributed by atoms with E-state index >= 15 is 0 Å². The number of carbonyl (C=O) groups excluding carboxylic acids is 7. The van der Waals surface area contributed by atoms with E-state index in [0.717, 1.165) is 21.6 Å². The highest BCUT2D eigenvalue weighted by molar-refractivity contribution is 8.76. The highest BCUT2D eigenvalue weighted by Gasteiger charge is 2.36. The summed E-state index contributed by atoms with van der Waals surface area (Å²) in [6.45, 7) is 4.43. The first-order valence-electron chi connectivity index (χ1n) is 18.5. The predicted octanol–water partition coefficient (Wildman–Crippen LogP) is -1.89. The Kier molecular flexibility index (Phi) is 19.2. The molecule has 57 heavy (non-hydrogen) atoms. The van der Waals surface area contributed by atoms with Gasteiger partial charge in [-0.15, -0.1) is 0 Å². The van der Waals surface area contributed by atoms with Crippen molar-refractivity contribution in [3.05, 3.63) is 66.0 Å². The van der Waals surface area contributed by atoms with Gasteiger partial charge in [-0.3, -0.25) is 38.5 Å². The number of nitrogens with two attached hydrogens (primary N) is 2. The molecule has 0 radical (unpaired) electrons. The summed E-state index contributed by atoms with van der Waals surface area (Å²) in [7, 11) is 2.08. The zero-order chi connectivity index (χ0) is 42.1. The smallest absolute Gasteiger partial charge is 0.245 e. The molecule has 0 spiro atoms. The van der Waals surface area contributed by atoms with Crippen molar-refractivity contribution in [2.75, 3.05) is 18.1 Å². The first-order chi connectivity index (χ1) is 27.1. The minimum absolute atomic E-state index is 0.0124. The first-order valence-corrected chi connectivity index (χ1v) is 21.0. The Morgan fingerprint density at radius 3 is 2.14 bits per heavy atom. The topological polar surface area (TPSA) is 297 Å². The maximum atomic E-state index is 14.1. The van der Waals surface area contributed by atoms with Crippen LogP contribution in [-0.4, -0.2) is 123 Å². The molecule has 0 aliphatic carbocycles. The van der Waals surface area contributed by atoms with Crippen molar-refractivity contribution >= 4 is 62.9 Å². The highest BCUT2D eigenvalue weighted by Crippen LogP contribution is 2.24. The van der Waals surface area contributed by atoms with Crippen LogP contribution in [-0.2, 0) is 40.0 Å². The zero-order valence-corrected chi connectivity index (χ0v) is 33.6. The molecule has 3 rings (SSSR count). The molecule has 9 atom stereocenters. The fraction of sp³-hybridized carbons (Fsp3) is 0.514. The molecule has 1 saturated heterocycles. The predicted molar refractivity (Wildman–Crippen MR) is 215 cm³/mol. The standard InChI is InChI=1S/C37H53N9O9S2/c1-20(24-12-9-15-40-17-24)32(50)43-27-18-56-57-19-28(36(54)45-29(21(2)47)31(39)49)44-37(55)30(22(3)48)46-33(51)25(13-7-8-14-38)41-34(52)26(42-35(27)53)16-23-10-5-4-6-11-23/h4-6,9-12,15,17,20-22,25-30,47-48H,7-8,13-14,16,18-19,38H2,1-3H3,(H2,39,49)(H,41,52)(H,42,53)(H,43,50)(H,44,55)(H,45,54)(H,46,51)/t20-,21-,22-,25+,26+,27+,28+,29+,30+/m1/s1. The molecule has 0 bridgehead atoms. The Labute approximate surface area is 339 Å². The normalized spacial score (nSPS) is 23.5. The van der Waals surface area contributed by atoms with Crippen LogP contribution < -0.4 is 43.4 Å². The number of unbranched alkanes of at least 4 members (excludes halogenated alkanes) is 1. The number of nitrogens with zero attached hydrogens (tertiary/aromatic N) is 1. The van der Waals surface area contributed by atoms with E-state index in [2.05, 4.69) is 36.9 Å². The Bertz CT molecular complexity index is 1670. The lowest BCUT2D eigenvalue weighted by Crippen LogP contribution is -2.62. The van der Waals surface area contributed by atoms with E-state index in [4.69, 9.17) is 11.5 Å². The minimum atomic E-state index is -1.61. The van der Waals surface area contributed by atoms with E-state index in [1.54, 1.807) is 55.6 Å². The second kappa shape index (κ2) is 23.5. The van der Waals surface area contributed by atoms with Crippen LogP contribution in [0.25, 0.3) is 0 Å². The van der Waals surface area contributed by atoms with Gasteiger partial charge < -0.3 is 53.6 Å². The van der Waals surface area contributed by atoms with Crippen molar-refractivity contribution in [3.63, 3.8) is 0 Å². The number of nitrogens with one attached hydrogen (secondary N) is 6. The van der Waals surface area contributed by atoms with Gasteiger partial charge in [-0.25, -0.2) is 0 Å². The summed E-state index contributed by atoms with van der Waals surface area (Å²) in [6, 6.07) is 3.96. The first kappa shape index (κ1) is 46.6. The Morgan fingerprint density at radius 1 is 0.860 bits per heavy atom. The monoisotopic (exact) mass is 831 g/mol. The molecule has 1 aromatic carbocycles. The second-order valence-corrected chi connectivity index (χ2v) is 16.2. The molecule has 1 aliphatic rings. The number of amides is 7. The maximum Gasteiger partial charge on any atom is 0.245 e. The Balaban J connectivity index is 2.05. The van der Waals surface area contributed by atoms with Crippen molar-refractivity contribution in [2.45, 2.75) is 101 Å². The summed E-state index contributed by atoms with van der Waals surface area (Å²) in [5.74, 6) is -6.71. The number of pyridine rings is 1. The molecule has 2 aromatic rings. The molecule has 0 saturated carbocycles. The molecule has 1 fully saturated rings. The van der Waals surface area contributed by atoms with E-state index in [-0.39, 0.29) is 24.3 Å². The average molecular weight is 832 g/mol. The van der Waals surface area contributed by atoms with Crippen LogP contribution >= 0.6 is 21.6 Å². The molecular weight excluding hydrogens is 779 g/mol. The van der Waals surface area contributed by atoms with Gasteiger partial charge in [-0.2, -0.15) is 0 Å². The van der Waals surface area contributed by atoms with Gasteiger partial charge in [0.15, 0.2) is 0 Å². The van der Waals surface area contributed by atoms with Gasteiger partial charge in [0.25, 0.3) is 0 Å². The van der Waals surface area contributed by atoms with Crippen LogP contribution in [0.1, 0.15) is 57.1 Å². The number of benzene rings is 1. The van der Waals surface area contributed by atoms with Crippen molar-refractivity contribution in [1.82, 2.24) is 36.9 Å². The van der Waals surface area contributed by atoms with Gasteiger partial charge in [0, 0.05) is 30.3 Å². The molecule has 0 unspecified atom stereocenters. The van der Waals surface area contributed by atoms with E-state index in [1.807, 2.05) is 0 Å². The molecule has 1 aromatic heterocycles. The van der Waals surface area contributed by atoms with Crippen LogP contribution in [0.5, 0.6) is 0 Å². The third kappa shape index (κ3) is 14.9. The number of hydrogen-bond acceptors (Lipinski definition) is 13. The lowest BCUT2D eigenvalue weighted by atomic mass is 10.0. The minimum Gasteiger partial charge on any atom is -0.391 e. The summed E-state index contributed by atoms with van der Waals surface area (Å²) in [4.78, 5) is 98.7. The number of carbonyl (C=O) groups is 7. The van der Waals surface area contributed by atoms with Gasteiger partial charge in [0.05, 0.1) is 18.1 Å². The zero-order valence-electron chi connectivity index (χ0n) is 32.0. The van der Waals surface area contributed by atoms with E-state index in [1.165, 1.54) is 20.0 Å². The van der Waals surface area contributed by atoms with Crippen molar-refractivity contribution in [2.24, 2.45) is 11.5 Å². The van der Waals surface area contributed by atoms with Crippen molar-refractivity contribution < 1.29 is 43.8 Å². The molecule has 312 valence electrons. The van der Waals surface area contributed by atoms with Gasteiger partial charge in [-0.05, 0) is 63.8 Å². The summed E-state index contributed by atoms with van der Waals surface area (Å²) in [5, 5.41) is 36.2. The number of aliphatic hydroxyl groups excluding tert-OH is 2. The maximum absolute atomic E-state index is 14.1. The van der Waals surface area contributed by atoms with Gasteiger partial charge in [0.2, 0.25) is 41.4 Å². The number of rotatable bonds is 14. The van der Waals surface area contributed by atoms with Crippen LogP contribution in [0.15, 0.2) is 54.9 Å². The molecule has 18 nitrogen and oxygen atoms in total. The van der Waals surface area contributed by atoms with Gasteiger partial charge in [-0.1, -0.05) is 58.0 Å². The van der Waals surface area contributed by atoms with Crippen LogP contribution in [0, 0.1) is 0 Å². The Hall–Kier alpha value is -4.76. The lowest BCUT2D eigenvalue weighted by molar-refractivity contribution is -0.136. The number of hydrogen-bond donors (Lipinski definition) is 10. The number of aromatic nitrogens is 1. The van der Waals surface area contributed by atoms with E-state index in [9.17, 15) is 43.8 Å². The quantitative estimate of drug-likeness (QED) is 0.0737. The second-order valence-electron chi connectivity index (χ2n) is 13.7. The van der Waals surface area contributed by atoms with Crippen molar-refractivity contribution in [1.29, 1.82) is 0 Å². The van der Waals surface area contributed by atoms with E-state index in [0.29, 0.717) is 30.5 Å². The highest BCUT2D eigenvalue weighted by atomic mass is 33.1. The lowest BCUT2D eigenvalue weighted by Gasteiger charge is -2.28. The molecule has 7 amide bonds. The Morgan fingerprint density at radius 2 is 1.53 bits per heavy atom. The summed E-state index contributed by atoms with van der Waals surface area (Å²) < 4.78 is 0. The van der Waals surface area contributed by atoms with Crippen molar-refractivity contribution in [3.8, 4) is 0 Å². The SMILES string of the molecule is C[C@@H](C(=O)N[C@H]1CSSC[C@@H](C(=O)N[C@H](C(N)=O)[C@@H](C)O)NC(=O)[C@H]([C@@H](C)O)NC(=O)[C@H](CCCCN)NC(=O)[C@H](Cc2ccccc2)NC1=O)c1cccnc1. The van der Waals surface area contributed by atoms with Crippen LogP contribution in [0.4, 0.5) is 0 Å². The van der Waals surface area contributed by atoms with Gasteiger partial charge >= 0.3 is 0 Å². The van der Waals surface area contributed by atoms with Crippen LogP contribution in [0.2, 0.25) is 0 Å². The molecule has 2 heterocycles. The molecular formula is C37H53N9O9S2. The molecule has 1 aliphatic heterocycles. The third-order valence-corrected chi connectivity index (χ3v) is 11.5. The number of primary amides is 1. The van der Waals surface area contributed by atoms with Crippen LogP contribution in [0.3, 0.4) is 0 Å². The summed E-state index contributed by atoms with van der Waals surface area (Å²) >= 11 is 0. The summed E-state index contributed by atoms with van der Waals surface area (Å²) in [5.41, 5.74) is 12.3. The third-order valence-electron chi connectivity index (χ3n) is 9.04. The summed E-state index contributed by atoms with van der Waals surface area (Å²) in [6.07, 6.45) is 1.18. The molecule has 12 N–H and O–H groups in total. The largest absolute Gasteiger partial charge is 0.391 e. The van der Waals surface area contributed by atoms with Gasteiger partial charge in [0.1, 0.15) is 36.3 Å².